The SMILES string of the molecule is Cc1cn2cc(-c3cnc(-c4ccc(O[C@H]5CC(C)(C)NC(C)(C)[C@H]5F)nn4)c(O)c3)cc(C)c2n1. The van der Waals surface area contributed by atoms with Crippen molar-refractivity contribution in [2.45, 2.75) is 71.3 Å². The van der Waals surface area contributed by atoms with Gasteiger partial charge in [-0.25, -0.2) is 14.4 Å². The van der Waals surface area contributed by atoms with Gasteiger partial charge in [0.2, 0.25) is 5.88 Å². The zero-order valence-corrected chi connectivity index (χ0v) is 21.4. The minimum atomic E-state index is -1.21. The fourth-order valence-corrected chi connectivity index (χ4v) is 5.19. The van der Waals surface area contributed by atoms with Crippen LogP contribution in [0.1, 0.15) is 45.4 Å². The van der Waals surface area contributed by atoms with Crippen molar-refractivity contribution in [1.82, 2.24) is 29.9 Å². The predicted octanol–water partition coefficient (Wildman–Crippen LogP) is 4.81. The van der Waals surface area contributed by atoms with Crippen molar-refractivity contribution in [2.24, 2.45) is 0 Å². The first kappa shape index (κ1) is 24.1. The number of aromatic nitrogens is 5. The molecule has 0 spiro atoms. The summed E-state index contributed by atoms with van der Waals surface area (Å²) in [6.07, 6.45) is 4.25. The number of pyridine rings is 2. The molecule has 0 aromatic carbocycles. The van der Waals surface area contributed by atoms with Gasteiger partial charge >= 0.3 is 0 Å². The number of ether oxygens (including phenoxy) is 1. The van der Waals surface area contributed by atoms with Gasteiger partial charge in [0.05, 0.1) is 5.69 Å². The number of halogens is 1. The third kappa shape index (κ3) is 4.51. The van der Waals surface area contributed by atoms with Gasteiger partial charge in [0.25, 0.3) is 0 Å². The van der Waals surface area contributed by atoms with Crippen molar-refractivity contribution in [3.63, 3.8) is 0 Å². The summed E-state index contributed by atoms with van der Waals surface area (Å²) in [6, 6.07) is 6.97. The third-order valence-electron chi connectivity index (χ3n) is 6.60. The van der Waals surface area contributed by atoms with E-state index in [4.69, 9.17) is 4.74 Å². The second-order valence-corrected chi connectivity index (χ2v) is 10.9. The summed E-state index contributed by atoms with van der Waals surface area (Å²) in [7, 11) is 0. The number of hydrogen-bond donors (Lipinski definition) is 2. The standard InChI is InChI=1S/C27H31FN6O2/c1-15-9-18(14-34-13-16(2)30-25(15)34)17-10-20(35)23(29-12-17)19-7-8-22(32-31-19)36-21-11-26(3,4)33-27(5,6)24(21)28/h7-10,12-14,21,24,33,35H,11H2,1-6H3/t21-,24-/m0/s1. The Morgan fingerprint density at radius 3 is 2.56 bits per heavy atom. The van der Waals surface area contributed by atoms with Crippen molar-refractivity contribution >= 4 is 5.65 Å². The van der Waals surface area contributed by atoms with Gasteiger partial charge in [-0.05, 0) is 65.3 Å². The molecule has 2 atom stereocenters. The van der Waals surface area contributed by atoms with E-state index in [2.05, 4.69) is 25.5 Å². The molecule has 2 N–H and O–H groups in total. The highest BCUT2D eigenvalue weighted by molar-refractivity contribution is 5.72. The molecule has 1 fully saturated rings. The number of hydrogen-bond acceptors (Lipinski definition) is 7. The monoisotopic (exact) mass is 490 g/mol. The highest BCUT2D eigenvalue weighted by atomic mass is 19.1. The molecule has 4 aromatic rings. The third-order valence-corrected chi connectivity index (χ3v) is 6.60. The molecule has 9 heteroatoms. The molecule has 4 aromatic heterocycles. The van der Waals surface area contributed by atoms with E-state index in [0.29, 0.717) is 17.8 Å². The fourth-order valence-electron chi connectivity index (χ4n) is 5.19. The van der Waals surface area contributed by atoms with Gasteiger partial charge in [0, 0.05) is 53.3 Å². The highest BCUT2D eigenvalue weighted by Gasteiger charge is 2.47. The zero-order valence-electron chi connectivity index (χ0n) is 21.4. The lowest BCUT2D eigenvalue weighted by atomic mass is 9.79. The van der Waals surface area contributed by atoms with Gasteiger partial charge in [-0.3, -0.25) is 0 Å². The van der Waals surface area contributed by atoms with Crippen LogP contribution in [-0.4, -0.2) is 53.0 Å². The van der Waals surface area contributed by atoms with E-state index in [-0.39, 0.29) is 17.2 Å². The number of fused-ring (bicyclic) bond motifs is 1. The Labute approximate surface area is 209 Å². The first-order valence-corrected chi connectivity index (χ1v) is 12.0. The molecule has 0 bridgehead atoms. The van der Waals surface area contributed by atoms with Crippen LogP contribution in [0.25, 0.3) is 28.2 Å². The Balaban J connectivity index is 1.37. The average molecular weight is 491 g/mol. The Morgan fingerprint density at radius 1 is 1.08 bits per heavy atom. The zero-order chi connectivity index (χ0) is 25.8. The molecule has 8 nitrogen and oxygen atoms in total. The van der Waals surface area contributed by atoms with Crippen LogP contribution >= 0.6 is 0 Å². The molecule has 5 heterocycles. The smallest absolute Gasteiger partial charge is 0.233 e. The van der Waals surface area contributed by atoms with Crippen molar-refractivity contribution < 1.29 is 14.2 Å². The largest absolute Gasteiger partial charge is 0.506 e. The van der Waals surface area contributed by atoms with Gasteiger partial charge < -0.3 is 19.6 Å². The second-order valence-electron chi connectivity index (χ2n) is 10.9. The van der Waals surface area contributed by atoms with Crippen molar-refractivity contribution in [3.05, 3.63) is 54.1 Å². The Hall–Kier alpha value is -3.59. The maximum atomic E-state index is 15.1. The molecule has 0 radical (unpaired) electrons. The van der Waals surface area contributed by atoms with Crippen LogP contribution in [0.3, 0.4) is 0 Å². The molecule has 0 unspecified atom stereocenters. The van der Waals surface area contributed by atoms with E-state index < -0.39 is 17.8 Å². The predicted molar refractivity (Wildman–Crippen MR) is 136 cm³/mol. The fraction of sp³-hybridized carbons (Fsp3) is 0.407. The Bertz CT molecular complexity index is 1430. The van der Waals surface area contributed by atoms with Crippen LogP contribution in [0.2, 0.25) is 0 Å². The van der Waals surface area contributed by atoms with Crippen LogP contribution in [0.15, 0.2) is 42.9 Å². The highest BCUT2D eigenvalue weighted by Crippen LogP contribution is 2.34. The number of aryl methyl sites for hydroxylation is 2. The molecule has 5 rings (SSSR count). The van der Waals surface area contributed by atoms with E-state index in [9.17, 15) is 5.11 Å². The first-order chi connectivity index (χ1) is 16.9. The van der Waals surface area contributed by atoms with Crippen LogP contribution in [-0.2, 0) is 0 Å². The lowest BCUT2D eigenvalue weighted by Gasteiger charge is -2.48. The maximum Gasteiger partial charge on any atom is 0.233 e. The van der Waals surface area contributed by atoms with E-state index in [1.165, 1.54) is 0 Å². The van der Waals surface area contributed by atoms with Gasteiger partial charge in [-0.1, -0.05) is 0 Å². The lowest BCUT2D eigenvalue weighted by molar-refractivity contribution is -0.0281. The molecule has 1 aliphatic heterocycles. The number of rotatable bonds is 4. The number of alkyl halides is 1. The number of aromatic hydroxyl groups is 1. The van der Waals surface area contributed by atoms with E-state index in [0.717, 1.165) is 28.0 Å². The van der Waals surface area contributed by atoms with E-state index >= 15 is 4.39 Å². The normalized spacial score (nSPS) is 21.0. The summed E-state index contributed by atoms with van der Waals surface area (Å²) < 4.78 is 22.9. The number of nitrogens with one attached hydrogen (secondary N) is 1. The molecular formula is C27H31FN6O2. The molecule has 0 saturated carbocycles. The van der Waals surface area contributed by atoms with Crippen LogP contribution in [0.5, 0.6) is 11.6 Å². The van der Waals surface area contributed by atoms with Crippen LogP contribution in [0, 0.1) is 13.8 Å². The summed E-state index contributed by atoms with van der Waals surface area (Å²) in [5.41, 5.74) is 4.25. The van der Waals surface area contributed by atoms with Crippen molar-refractivity contribution in [2.75, 3.05) is 0 Å². The second kappa shape index (κ2) is 8.51. The molecule has 1 aliphatic rings. The summed E-state index contributed by atoms with van der Waals surface area (Å²) >= 11 is 0. The summed E-state index contributed by atoms with van der Waals surface area (Å²) in [5, 5.41) is 22.4. The van der Waals surface area contributed by atoms with Gasteiger partial charge in [0.1, 0.15) is 28.9 Å². The van der Waals surface area contributed by atoms with Gasteiger partial charge in [-0.2, -0.15) is 0 Å². The minimum absolute atomic E-state index is 0.0132. The van der Waals surface area contributed by atoms with Crippen molar-refractivity contribution in [3.8, 4) is 34.1 Å². The molecular weight excluding hydrogens is 459 g/mol. The van der Waals surface area contributed by atoms with Crippen molar-refractivity contribution in [1.29, 1.82) is 0 Å². The summed E-state index contributed by atoms with van der Waals surface area (Å²) in [6.45, 7) is 11.7. The summed E-state index contributed by atoms with van der Waals surface area (Å²) in [4.78, 5) is 8.98. The van der Waals surface area contributed by atoms with Gasteiger partial charge in [-0.15, -0.1) is 10.2 Å². The number of piperidine rings is 1. The number of imidazole rings is 1. The topological polar surface area (TPSA) is 97.5 Å². The van der Waals surface area contributed by atoms with E-state index in [1.54, 1.807) is 24.4 Å². The molecule has 0 amide bonds. The van der Waals surface area contributed by atoms with Gasteiger partial charge in [0.15, 0.2) is 6.17 Å². The quantitative estimate of drug-likeness (QED) is 0.424. The molecule has 188 valence electrons. The first-order valence-electron chi connectivity index (χ1n) is 12.0. The Morgan fingerprint density at radius 2 is 1.86 bits per heavy atom. The molecule has 0 aliphatic carbocycles. The Kier molecular flexibility index (Phi) is 5.70. The minimum Gasteiger partial charge on any atom is -0.506 e. The average Bonchev–Trinajstić information content (AvgIpc) is 3.18. The lowest BCUT2D eigenvalue weighted by Crippen LogP contribution is -2.66. The van der Waals surface area contributed by atoms with Crippen LogP contribution in [0.4, 0.5) is 4.39 Å². The number of nitrogens with zero attached hydrogens (tertiary/aromatic N) is 5. The molecule has 36 heavy (non-hydrogen) atoms. The van der Waals surface area contributed by atoms with Crippen LogP contribution < -0.4 is 10.1 Å². The maximum absolute atomic E-state index is 15.1. The summed E-state index contributed by atoms with van der Waals surface area (Å²) in [5.74, 6) is 0.219. The van der Waals surface area contributed by atoms with E-state index in [1.807, 2.05) is 64.4 Å². The molecule has 1 saturated heterocycles.